The number of hydrogen-bond donors (Lipinski definition) is 1. The summed E-state index contributed by atoms with van der Waals surface area (Å²) in [5.74, 6) is 0. The van der Waals surface area contributed by atoms with Crippen LogP contribution in [-0.2, 0) is 4.74 Å². The lowest BCUT2D eigenvalue weighted by molar-refractivity contribution is -0.0341. The standard InChI is InChI=1S/C8H17NO2/c1-3-11-7-8(10)4-5-9(2)6-8/h10H,3-7H2,1-2H3. The molecule has 0 aromatic rings. The first-order valence-electron chi connectivity index (χ1n) is 4.15. The first-order chi connectivity index (χ1) is 5.16. The highest BCUT2D eigenvalue weighted by atomic mass is 16.5. The maximum absolute atomic E-state index is 9.83. The van der Waals surface area contributed by atoms with E-state index in [1.54, 1.807) is 0 Å². The highest BCUT2D eigenvalue weighted by Gasteiger charge is 2.34. The van der Waals surface area contributed by atoms with E-state index in [0.717, 1.165) is 19.5 Å². The zero-order valence-electron chi connectivity index (χ0n) is 7.34. The summed E-state index contributed by atoms with van der Waals surface area (Å²) in [5, 5.41) is 9.83. The Balaban J connectivity index is 2.29. The SMILES string of the molecule is CCOCC1(O)CCN(C)C1. The summed E-state index contributed by atoms with van der Waals surface area (Å²) >= 11 is 0. The lowest BCUT2D eigenvalue weighted by Gasteiger charge is -2.21. The Bertz CT molecular complexity index is 129. The van der Waals surface area contributed by atoms with Crippen molar-refractivity contribution in [2.75, 3.05) is 33.4 Å². The molecule has 1 rings (SSSR count). The van der Waals surface area contributed by atoms with Gasteiger partial charge in [0.15, 0.2) is 0 Å². The molecule has 11 heavy (non-hydrogen) atoms. The molecular weight excluding hydrogens is 142 g/mol. The third-order valence-corrected chi connectivity index (χ3v) is 2.10. The minimum Gasteiger partial charge on any atom is -0.386 e. The van der Waals surface area contributed by atoms with Crippen LogP contribution < -0.4 is 0 Å². The van der Waals surface area contributed by atoms with Crippen LogP contribution in [0.5, 0.6) is 0 Å². The second kappa shape index (κ2) is 3.52. The Labute approximate surface area is 68.0 Å². The van der Waals surface area contributed by atoms with Gasteiger partial charge in [0.2, 0.25) is 0 Å². The van der Waals surface area contributed by atoms with E-state index in [9.17, 15) is 5.11 Å². The number of likely N-dealkylation sites (N-methyl/N-ethyl adjacent to an activating group) is 1. The molecule has 0 aromatic carbocycles. The van der Waals surface area contributed by atoms with Gasteiger partial charge in [-0.3, -0.25) is 0 Å². The predicted molar refractivity (Wildman–Crippen MR) is 43.6 cm³/mol. The quantitative estimate of drug-likeness (QED) is 0.633. The Morgan fingerprint density at radius 2 is 2.36 bits per heavy atom. The van der Waals surface area contributed by atoms with Crippen LogP contribution in [0.15, 0.2) is 0 Å². The molecule has 1 N–H and O–H groups in total. The van der Waals surface area contributed by atoms with Gasteiger partial charge in [-0.25, -0.2) is 0 Å². The summed E-state index contributed by atoms with van der Waals surface area (Å²) < 4.78 is 5.19. The molecule has 0 amide bonds. The number of aliphatic hydroxyl groups is 1. The molecule has 66 valence electrons. The molecule has 0 aromatic heterocycles. The van der Waals surface area contributed by atoms with E-state index in [0.29, 0.717) is 13.2 Å². The van der Waals surface area contributed by atoms with E-state index in [4.69, 9.17) is 4.74 Å². The van der Waals surface area contributed by atoms with Crippen LogP contribution in [0.1, 0.15) is 13.3 Å². The van der Waals surface area contributed by atoms with E-state index in [2.05, 4.69) is 4.90 Å². The maximum Gasteiger partial charge on any atom is 0.102 e. The number of rotatable bonds is 3. The molecule has 3 nitrogen and oxygen atoms in total. The molecule has 1 aliphatic heterocycles. The molecule has 1 fully saturated rings. The second-order valence-electron chi connectivity index (χ2n) is 3.35. The molecule has 1 aliphatic rings. The molecule has 0 bridgehead atoms. The van der Waals surface area contributed by atoms with Gasteiger partial charge in [0.05, 0.1) is 6.61 Å². The fourth-order valence-electron chi connectivity index (χ4n) is 1.47. The van der Waals surface area contributed by atoms with E-state index < -0.39 is 5.60 Å². The van der Waals surface area contributed by atoms with Crippen molar-refractivity contribution in [2.45, 2.75) is 18.9 Å². The first kappa shape index (κ1) is 8.97. The highest BCUT2D eigenvalue weighted by molar-refractivity contribution is 4.88. The van der Waals surface area contributed by atoms with Crippen LogP contribution in [0.25, 0.3) is 0 Å². The summed E-state index contributed by atoms with van der Waals surface area (Å²) in [6.45, 7) is 4.83. The number of likely N-dealkylation sites (tertiary alicyclic amines) is 1. The van der Waals surface area contributed by atoms with E-state index >= 15 is 0 Å². The van der Waals surface area contributed by atoms with Crippen molar-refractivity contribution in [1.82, 2.24) is 4.90 Å². The molecule has 0 saturated carbocycles. The fraction of sp³-hybridized carbons (Fsp3) is 1.00. The van der Waals surface area contributed by atoms with Crippen molar-refractivity contribution in [3.63, 3.8) is 0 Å². The Morgan fingerprint density at radius 1 is 1.64 bits per heavy atom. The number of β-amino-alcohol motifs (C(OH)–C–C–N with tert-alkyl or cyclic N) is 1. The van der Waals surface area contributed by atoms with Crippen molar-refractivity contribution in [3.05, 3.63) is 0 Å². The monoisotopic (exact) mass is 159 g/mol. The molecule has 1 atom stereocenters. The van der Waals surface area contributed by atoms with Gasteiger partial charge in [-0.05, 0) is 20.4 Å². The Morgan fingerprint density at radius 3 is 2.82 bits per heavy atom. The van der Waals surface area contributed by atoms with Crippen LogP contribution in [-0.4, -0.2) is 49.0 Å². The Kier molecular flexibility index (Phi) is 2.87. The lowest BCUT2D eigenvalue weighted by atomic mass is 10.1. The molecule has 3 heteroatoms. The van der Waals surface area contributed by atoms with Crippen LogP contribution in [0.4, 0.5) is 0 Å². The largest absolute Gasteiger partial charge is 0.386 e. The van der Waals surface area contributed by atoms with Gasteiger partial charge in [-0.2, -0.15) is 0 Å². The van der Waals surface area contributed by atoms with Gasteiger partial charge in [0, 0.05) is 19.7 Å². The van der Waals surface area contributed by atoms with Crippen molar-refractivity contribution in [2.24, 2.45) is 0 Å². The smallest absolute Gasteiger partial charge is 0.102 e. The summed E-state index contributed by atoms with van der Waals surface area (Å²) in [4.78, 5) is 2.12. The summed E-state index contributed by atoms with van der Waals surface area (Å²) in [6.07, 6.45) is 0.837. The summed E-state index contributed by atoms with van der Waals surface area (Å²) in [7, 11) is 2.02. The molecule has 0 aliphatic carbocycles. The molecule has 1 saturated heterocycles. The summed E-state index contributed by atoms with van der Waals surface area (Å²) in [6, 6.07) is 0. The highest BCUT2D eigenvalue weighted by Crippen LogP contribution is 2.19. The van der Waals surface area contributed by atoms with Crippen molar-refractivity contribution < 1.29 is 9.84 Å². The molecule has 1 heterocycles. The topological polar surface area (TPSA) is 32.7 Å². The zero-order chi connectivity index (χ0) is 8.32. The van der Waals surface area contributed by atoms with E-state index in [1.807, 2.05) is 14.0 Å². The normalized spacial score (nSPS) is 33.0. The van der Waals surface area contributed by atoms with Crippen LogP contribution >= 0.6 is 0 Å². The minimum absolute atomic E-state index is 0.480. The molecular formula is C8H17NO2. The van der Waals surface area contributed by atoms with Gasteiger partial charge in [0.1, 0.15) is 5.60 Å². The molecule has 0 spiro atoms. The number of nitrogens with zero attached hydrogens (tertiary/aromatic N) is 1. The van der Waals surface area contributed by atoms with Gasteiger partial charge in [0.25, 0.3) is 0 Å². The second-order valence-corrected chi connectivity index (χ2v) is 3.35. The number of hydrogen-bond acceptors (Lipinski definition) is 3. The molecule has 1 unspecified atom stereocenters. The van der Waals surface area contributed by atoms with Gasteiger partial charge in [-0.1, -0.05) is 0 Å². The zero-order valence-corrected chi connectivity index (χ0v) is 7.34. The fourth-order valence-corrected chi connectivity index (χ4v) is 1.47. The summed E-state index contributed by atoms with van der Waals surface area (Å²) in [5.41, 5.74) is -0.579. The van der Waals surface area contributed by atoms with Gasteiger partial charge >= 0.3 is 0 Å². The average molecular weight is 159 g/mol. The van der Waals surface area contributed by atoms with Crippen LogP contribution in [0.2, 0.25) is 0 Å². The maximum atomic E-state index is 9.83. The van der Waals surface area contributed by atoms with Crippen LogP contribution in [0, 0.1) is 0 Å². The first-order valence-corrected chi connectivity index (χ1v) is 4.15. The lowest BCUT2D eigenvalue weighted by Crippen LogP contribution is -2.37. The van der Waals surface area contributed by atoms with Gasteiger partial charge < -0.3 is 14.7 Å². The van der Waals surface area contributed by atoms with Crippen molar-refractivity contribution in [3.8, 4) is 0 Å². The number of ether oxygens (including phenoxy) is 1. The van der Waals surface area contributed by atoms with E-state index in [1.165, 1.54) is 0 Å². The van der Waals surface area contributed by atoms with Gasteiger partial charge in [-0.15, -0.1) is 0 Å². The Hall–Kier alpha value is -0.120. The van der Waals surface area contributed by atoms with Crippen LogP contribution in [0.3, 0.4) is 0 Å². The third kappa shape index (κ3) is 2.43. The average Bonchev–Trinajstić information content (AvgIpc) is 2.28. The van der Waals surface area contributed by atoms with E-state index in [-0.39, 0.29) is 0 Å². The molecule has 0 radical (unpaired) electrons. The van der Waals surface area contributed by atoms with Crippen molar-refractivity contribution in [1.29, 1.82) is 0 Å². The third-order valence-electron chi connectivity index (χ3n) is 2.10. The minimum atomic E-state index is -0.579. The van der Waals surface area contributed by atoms with Crippen molar-refractivity contribution >= 4 is 0 Å². The predicted octanol–water partition coefficient (Wildman–Crippen LogP) is 0.0895.